The fraction of sp³-hybridized carbons (Fsp3) is 0.0588. The molecular weight excluding hydrogens is 300 g/mol. The van der Waals surface area contributed by atoms with Crippen LogP contribution in [0.2, 0.25) is 5.02 Å². The molecule has 0 unspecified atom stereocenters. The van der Waals surface area contributed by atoms with Crippen molar-refractivity contribution in [1.82, 2.24) is 5.43 Å². The van der Waals surface area contributed by atoms with Gasteiger partial charge in [0.2, 0.25) is 0 Å². The van der Waals surface area contributed by atoms with Gasteiger partial charge in [0.05, 0.1) is 6.21 Å². The first-order chi connectivity index (χ1) is 10.6. The van der Waals surface area contributed by atoms with Gasteiger partial charge in [0.15, 0.2) is 0 Å². The van der Waals surface area contributed by atoms with Gasteiger partial charge in [-0.3, -0.25) is 4.79 Å². The van der Waals surface area contributed by atoms with Crippen LogP contribution in [0.1, 0.15) is 21.5 Å². The molecule has 0 radical (unpaired) electrons. The number of hydrazone groups is 1. The van der Waals surface area contributed by atoms with Crippen molar-refractivity contribution in [2.75, 3.05) is 0 Å². The highest BCUT2D eigenvalue weighted by Crippen LogP contribution is 2.21. The number of aromatic hydroxyl groups is 1. The van der Waals surface area contributed by atoms with E-state index in [0.717, 1.165) is 5.56 Å². The molecule has 2 N–H and O–H groups in total. The molecule has 1 amide bonds. The van der Waals surface area contributed by atoms with Crippen molar-refractivity contribution in [2.24, 2.45) is 5.10 Å². The summed E-state index contributed by atoms with van der Waals surface area (Å²) in [6, 6.07) is 11.9. The smallest absolute Gasteiger partial charge is 0.271 e. The van der Waals surface area contributed by atoms with Crippen LogP contribution in [-0.4, -0.2) is 17.2 Å². The Kier molecular flexibility index (Phi) is 5.33. The Hall–Kier alpha value is -2.59. The van der Waals surface area contributed by atoms with Crippen LogP contribution in [0.5, 0.6) is 5.75 Å². The minimum atomic E-state index is -0.375. The van der Waals surface area contributed by atoms with Crippen LogP contribution in [0.4, 0.5) is 0 Å². The minimum Gasteiger partial charge on any atom is -0.507 e. The van der Waals surface area contributed by atoms with Crippen molar-refractivity contribution in [1.29, 1.82) is 0 Å². The Balaban J connectivity index is 2.08. The van der Waals surface area contributed by atoms with Gasteiger partial charge in [0, 0.05) is 16.1 Å². The van der Waals surface area contributed by atoms with Crippen LogP contribution in [0.3, 0.4) is 0 Å². The number of hydrogen-bond donors (Lipinski definition) is 2. The fourth-order valence-electron chi connectivity index (χ4n) is 1.89. The molecule has 0 atom stereocenters. The third-order valence-electron chi connectivity index (χ3n) is 2.97. The first-order valence-electron chi connectivity index (χ1n) is 6.62. The molecule has 0 aliphatic carbocycles. The van der Waals surface area contributed by atoms with E-state index >= 15 is 0 Å². The van der Waals surface area contributed by atoms with E-state index in [-0.39, 0.29) is 11.7 Å². The molecule has 22 heavy (non-hydrogen) atoms. The van der Waals surface area contributed by atoms with E-state index in [1.165, 1.54) is 6.21 Å². The number of rotatable bonds is 5. The number of halogens is 1. The van der Waals surface area contributed by atoms with Gasteiger partial charge in [0.1, 0.15) is 5.75 Å². The Labute approximate surface area is 133 Å². The lowest BCUT2D eigenvalue weighted by molar-refractivity contribution is 0.0955. The molecule has 0 saturated heterocycles. The summed E-state index contributed by atoms with van der Waals surface area (Å²) in [5.41, 5.74) is 4.07. The summed E-state index contributed by atoms with van der Waals surface area (Å²) >= 11 is 5.83. The largest absolute Gasteiger partial charge is 0.507 e. The Morgan fingerprint density at radius 1 is 1.32 bits per heavy atom. The van der Waals surface area contributed by atoms with Crippen molar-refractivity contribution in [3.8, 4) is 5.75 Å². The molecule has 0 fully saturated rings. The van der Waals surface area contributed by atoms with Crippen LogP contribution >= 0.6 is 11.6 Å². The number of hydrogen-bond acceptors (Lipinski definition) is 3. The molecule has 0 bridgehead atoms. The van der Waals surface area contributed by atoms with Crippen molar-refractivity contribution in [2.45, 2.75) is 6.42 Å². The summed E-state index contributed by atoms with van der Waals surface area (Å²) in [5.74, 6) is -0.247. The first-order valence-corrected chi connectivity index (χ1v) is 7.00. The van der Waals surface area contributed by atoms with E-state index in [4.69, 9.17) is 11.6 Å². The molecular formula is C17H15ClN2O2. The molecule has 0 heterocycles. The molecule has 112 valence electrons. The van der Waals surface area contributed by atoms with Gasteiger partial charge < -0.3 is 5.11 Å². The second-order valence-electron chi connectivity index (χ2n) is 4.56. The van der Waals surface area contributed by atoms with E-state index in [9.17, 15) is 9.90 Å². The molecule has 2 aromatic rings. The Morgan fingerprint density at radius 2 is 2.09 bits per heavy atom. The summed E-state index contributed by atoms with van der Waals surface area (Å²) in [6.45, 7) is 3.64. The number of amides is 1. The number of nitrogens with zero attached hydrogens (tertiary/aromatic N) is 1. The number of carbonyl (C=O) groups is 1. The second-order valence-corrected chi connectivity index (χ2v) is 4.99. The maximum atomic E-state index is 11.9. The molecule has 0 spiro atoms. The molecule has 5 heteroatoms. The van der Waals surface area contributed by atoms with Gasteiger partial charge >= 0.3 is 0 Å². The minimum absolute atomic E-state index is 0.128. The first kappa shape index (κ1) is 15.8. The van der Waals surface area contributed by atoms with Crippen molar-refractivity contribution in [3.63, 3.8) is 0 Å². The van der Waals surface area contributed by atoms with Gasteiger partial charge in [-0.25, -0.2) is 5.43 Å². The van der Waals surface area contributed by atoms with Gasteiger partial charge in [-0.1, -0.05) is 35.9 Å². The summed E-state index contributed by atoms with van der Waals surface area (Å²) in [5, 5.41) is 14.4. The zero-order chi connectivity index (χ0) is 15.9. The molecule has 0 aromatic heterocycles. The predicted octanol–water partition coefficient (Wildman–Crippen LogP) is 3.54. The standard InChI is InChI=1S/C17H15ClN2O2/c1-2-5-12-6-3-8-14(16(12)21)11-19-20-17(22)13-7-4-9-15(18)10-13/h2-4,6-11,21H,1,5H2,(H,20,22)/b19-11+. The highest BCUT2D eigenvalue weighted by Gasteiger charge is 2.06. The highest BCUT2D eigenvalue weighted by molar-refractivity contribution is 6.30. The summed E-state index contributed by atoms with van der Waals surface area (Å²) in [7, 11) is 0. The fourth-order valence-corrected chi connectivity index (χ4v) is 2.08. The summed E-state index contributed by atoms with van der Waals surface area (Å²) in [4.78, 5) is 11.9. The van der Waals surface area contributed by atoms with Crippen LogP contribution in [0.15, 0.2) is 60.2 Å². The second kappa shape index (κ2) is 7.43. The highest BCUT2D eigenvalue weighted by atomic mass is 35.5. The lowest BCUT2D eigenvalue weighted by Gasteiger charge is -2.04. The summed E-state index contributed by atoms with van der Waals surface area (Å²) in [6.07, 6.45) is 3.66. The average molecular weight is 315 g/mol. The lowest BCUT2D eigenvalue weighted by Crippen LogP contribution is -2.17. The van der Waals surface area contributed by atoms with Crippen molar-refractivity contribution < 1.29 is 9.90 Å². The third-order valence-corrected chi connectivity index (χ3v) is 3.21. The van der Waals surface area contributed by atoms with E-state index < -0.39 is 0 Å². The lowest BCUT2D eigenvalue weighted by atomic mass is 10.1. The molecule has 2 rings (SSSR count). The SMILES string of the molecule is C=CCc1cccc(/C=N/NC(=O)c2cccc(Cl)c2)c1O. The summed E-state index contributed by atoms with van der Waals surface area (Å²) < 4.78 is 0. The van der Waals surface area contributed by atoms with Crippen LogP contribution in [-0.2, 0) is 6.42 Å². The van der Waals surface area contributed by atoms with E-state index in [2.05, 4.69) is 17.1 Å². The predicted molar refractivity (Wildman–Crippen MR) is 88.5 cm³/mol. The molecule has 0 saturated carbocycles. The van der Waals surface area contributed by atoms with Gasteiger partial charge in [-0.15, -0.1) is 6.58 Å². The van der Waals surface area contributed by atoms with Crippen LogP contribution < -0.4 is 5.43 Å². The topological polar surface area (TPSA) is 61.7 Å². The monoisotopic (exact) mass is 314 g/mol. The van der Waals surface area contributed by atoms with Gasteiger partial charge in [-0.05, 0) is 36.2 Å². The van der Waals surface area contributed by atoms with Crippen molar-refractivity contribution >= 4 is 23.7 Å². The average Bonchev–Trinajstić information content (AvgIpc) is 2.51. The molecule has 0 aliphatic rings. The zero-order valence-corrected chi connectivity index (χ0v) is 12.5. The number of nitrogens with one attached hydrogen (secondary N) is 1. The normalized spacial score (nSPS) is 10.6. The maximum Gasteiger partial charge on any atom is 0.271 e. The Bertz CT molecular complexity index is 726. The Morgan fingerprint density at radius 3 is 2.82 bits per heavy atom. The number of allylic oxidation sites excluding steroid dienone is 1. The van der Waals surface area contributed by atoms with E-state index in [0.29, 0.717) is 22.6 Å². The van der Waals surface area contributed by atoms with Gasteiger partial charge in [0.25, 0.3) is 5.91 Å². The number of phenols is 1. The number of phenolic OH excluding ortho intramolecular Hbond substituents is 1. The zero-order valence-electron chi connectivity index (χ0n) is 11.8. The third kappa shape index (κ3) is 3.96. The van der Waals surface area contributed by atoms with Crippen LogP contribution in [0, 0.1) is 0 Å². The number of benzene rings is 2. The molecule has 2 aromatic carbocycles. The quantitative estimate of drug-likeness (QED) is 0.504. The van der Waals surface area contributed by atoms with E-state index in [1.807, 2.05) is 0 Å². The molecule has 4 nitrogen and oxygen atoms in total. The van der Waals surface area contributed by atoms with E-state index in [1.54, 1.807) is 48.5 Å². The number of carbonyl (C=O) groups excluding carboxylic acids is 1. The maximum absolute atomic E-state index is 11.9. The van der Waals surface area contributed by atoms with Crippen LogP contribution in [0.25, 0.3) is 0 Å². The van der Waals surface area contributed by atoms with Crippen molar-refractivity contribution in [3.05, 3.63) is 76.8 Å². The van der Waals surface area contributed by atoms with Gasteiger partial charge in [-0.2, -0.15) is 5.10 Å². The molecule has 0 aliphatic heterocycles. The number of para-hydroxylation sites is 1.